The van der Waals surface area contributed by atoms with E-state index in [1.54, 1.807) is 36.4 Å². The van der Waals surface area contributed by atoms with E-state index in [4.69, 9.17) is 4.11 Å². The van der Waals surface area contributed by atoms with Crippen molar-refractivity contribution in [1.82, 2.24) is 10.2 Å². The third-order valence-corrected chi connectivity index (χ3v) is 3.44. The first-order valence-corrected chi connectivity index (χ1v) is 6.64. The van der Waals surface area contributed by atoms with E-state index < -0.39 is 18.8 Å². The highest BCUT2D eigenvalue weighted by atomic mass is 16.2. The summed E-state index contributed by atoms with van der Waals surface area (Å²) in [6.07, 6.45) is 0. The summed E-state index contributed by atoms with van der Waals surface area (Å²) in [7, 11) is 0. The number of fused-ring (bicyclic) bond motifs is 2. The Bertz CT molecular complexity index is 885. The van der Waals surface area contributed by atoms with Crippen LogP contribution in [-0.2, 0) is 0 Å². The lowest BCUT2D eigenvalue weighted by atomic mass is 10.1. The monoisotopic (exact) mass is 311 g/mol. The second-order valence-electron chi connectivity index (χ2n) is 4.82. The lowest BCUT2D eigenvalue weighted by molar-refractivity contribution is 0.0692. The Balaban J connectivity index is 0.000000158. The number of nitrogens with one attached hydrogen (secondary N) is 1. The molecule has 2 aromatic carbocycles. The van der Waals surface area contributed by atoms with Crippen molar-refractivity contribution in [3.8, 4) is 0 Å². The molecule has 0 atom stereocenters. The zero-order valence-electron chi connectivity index (χ0n) is 14.7. The Morgan fingerprint density at radius 2 is 1.13 bits per heavy atom. The topological polar surface area (TPSA) is 83.6 Å². The third-order valence-electron chi connectivity index (χ3n) is 3.44. The molecule has 4 amide bonds. The Hall–Kier alpha value is -3.28. The molecular weight excluding hydrogens is 296 g/mol. The fourth-order valence-corrected chi connectivity index (χ4v) is 2.31. The molecule has 2 aliphatic heterocycles. The van der Waals surface area contributed by atoms with Gasteiger partial charge in [-0.1, -0.05) is 24.3 Å². The summed E-state index contributed by atoms with van der Waals surface area (Å²) in [6, 6.07) is 12.8. The van der Waals surface area contributed by atoms with E-state index in [1.807, 2.05) is 0 Å². The first-order chi connectivity index (χ1) is 12.2. The molecule has 0 saturated heterocycles. The minimum Gasteiger partial charge on any atom is -0.288 e. The zero-order chi connectivity index (χ0) is 19.1. The van der Waals surface area contributed by atoms with E-state index >= 15 is 0 Å². The predicted octanol–water partition coefficient (Wildman–Crippen LogP) is 1.48. The number of hydrogen-bond acceptors (Lipinski definition) is 4. The lowest BCUT2D eigenvalue weighted by Gasteiger charge is -2.02. The molecule has 23 heavy (non-hydrogen) atoms. The van der Waals surface area contributed by atoms with Crippen LogP contribution in [0, 0.1) is 0 Å². The van der Waals surface area contributed by atoms with Gasteiger partial charge >= 0.3 is 0 Å². The van der Waals surface area contributed by atoms with Crippen molar-refractivity contribution >= 4 is 23.6 Å². The summed E-state index contributed by atoms with van der Waals surface area (Å²) in [5.74, 6) is -2.11. The summed E-state index contributed by atoms with van der Waals surface area (Å²) < 4.78 is 21.2. The highest BCUT2D eigenvalue weighted by Gasteiger charge is 2.31. The fraction of sp³-hybridized carbons (Fsp3) is 0.0588. The number of carbonyl (C=O) groups is 4. The molecule has 0 aromatic heterocycles. The maximum absolute atomic E-state index is 11.6. The van der Waals surface area contributed by atoms with Gasteiger partial charge in [0.1, 0.15) is 0 Å². The molecule has 2 aliphatic rings. The van der Waals surface area contributed by atoms with Gasteiger partial charge in [-0.15, -0.1) is 0 Å². The summed E-state index contributed by atoms with van der Waals surface area (Å²) in [5, 5.41) is 2.20. The van der Waals surface area contributed by atoms with Gasteiger partial charge in [0.15, 0.2) is 0 Å². The standard InChI is InChI=1S/C9H7NO2.C8H5NO2/c1-10-8(11)6-4-2-3-5-7(6)9(10)12;10-7-5-3-1-2-4-6(5)8(11)9-7/h2-5H,1H3;1-4H,(H,9,10,11)/i1D3;. The van der Waals surface area contributed by atoms with Gasteiger partial charge in [-0.05, 0) is 24.3 Å². The molecule has 0 saturated carbocycles. The molecule has 6 heteroatoms. The first-order valence-electron chi connectivity index (χ1n) is 8.14. The number of carbonyl (C=O) groups excluding carboxylic acids is 4. The van der Waals surface area contributed by atoms with Crippen LogP contribution in [0.15, 0.2) is 48.5 Å². The van der Waals surface area contributed by atoms with Gasteiger partial charge in [0.05, 0.1) is 22.3 Å². The quantitative estimate of drug-likeness (QED) is 0.747. The van der Waals surface area contributed by atoms with Crippen LogP contribution in [0.5, 0.6) is 0 Å². The van der Waals surface area contributed by atoms with E-state index in [2.05, 4.69) is 5.32 Å². The van der Waals surface area contributed by atoms with Crippen molar-refractivity contribution < 1.29 is 23.3 Å². The number of rotatable bonds is 0. The lowest BCUT2D eigenvalue weighted by Crippen LogP contribution is -2.24. The molecule has 0 radical (unpaired) electrons. The Kier molecular flexibility index (Phi) is 2.70. The number of amides is 4. The molecule has 6 nitrogen and oxygen atoms in total. The van der Waals surface area contributed by atoms with E-state index in [1.165, 1.54) is 12.1 Å². The summed E-state index contributed by atoms with van der Waals surface area (Å²) in [4.78, 5) is 45.4. The van der Waals surface area contributed by atoms with E-state index in [0.29, 0.717) is 16.0 Å². The smallest absolute Gasteiger partial charge is 0.261 e. The van der Waals surface area contributed by atoms with Crippen LogP contribution in [0.4, 0.5) is 0 Å². The predicted molar refractivity (Wildman–Crippen MR) is 81.1 cm³/mol. The summed E-state index contributed by atoms with van der Waals surface area (Å²) in [6.45, 7) is -2.72. The maximum Gasteiger partial charge on any atom is 0.261 e. The second kappa shape index (κ2) is 5.49. The highest BCUT2D eigenvalue weighted by molar-refractivity contribution is 6.21. The molecule has 114 valence electrons. The Morgan fingerprint density at radius 3 is 1.52 bits per heavy atom. The van der Waals surface area contributed by atoms with E-state index in [9.17, 15) is 19.2 Å². The number of imide groups is 2. The SMILES string of the molecule is O=C1NC(=O)c2ccccc21.[2H]C([2H])([2H])N1C(=O)c2ccccc2C1=O. The van der Waals surface area contributed by atoms with Gasteiger partial charge in [0.2, 0.25) is 0 Å². The van der Waals surface area contributed by atoms with Gasteiger partial charge < -0.3 is 0 Å². The van der Waals surface area contributed by atoms with Crippen LogP contribution in [0.3, 0.4) is 0 Å². The van der Waals surface area contributed by atoms with Crippen LogP contribution < -0.4 is 5.32 Å². The Morgan fingerprint density at radius 1 is 0.739 bits per heavy atom. The minimum atomic E-state index is -2.72. The normalized spacial score (nSPS) is 17.4. The van der Waals surface area contributed by atoms with E-state index in [0.717, 1.165) is 0 Å². The maximum atomic E-state index is 11.6. The molecule has 0 aliphatic carbocycles. The molecule has 0 unspecified atom stereocenters. The largest absolute Gasteiger partial charge is 0.288 e. The third kappa shape index (κ3) is 2.40. The Labute approximate surface area is 135 Å². The van der Waals surface area contributed by atoms with Crippen molar-refractivity contribution in [3.05, 3.63) is 70.8 Å². The van der Waals surface area contributed by atoms with Gasteiger partial charge in [-0.25, -0.2) is 0 Å². The molecule has 1 N–H and O–H groups in total. The van der Waals surface area contributed by atoms with Crippen molar-refractivity contribution in [2.75, 3.05) is 6.98 Å². The van der Waals surface area contributed by atoms with Gasteiger partial charge in [0, 0.05) is 11.1 Å². The van der Waals surface area contributed by atoms with Crippen LogP contribution in [0.25, 0.3) is 0 Å². The zero-order valence-corrected chi connectivity index (χ0v) is 11.7. The summed E-state index contributed by atoms with van der Waals surface area (Å²) >= 11 is 0. The fourth-order valence-electron chi connectivity index (χ4n) is 2.31. The first kappa shape index (κ1) is 11.3. The van der Waals surface area contributed by atoms with Gasteiger partial charge in [-0.2, -0.15) is 0 Å². The van der Waals surface area contributed by atoms with Crippen molar-refractivity contribution in [2.45, 2.75) is 0 Å². The highest BCUT2D eigenvalue weighted by Crippen LogP contribution is 2.20. The van der Waals surface area contributed by atoms with Crippen molar-refractivity contribution in [3.63, 3.8) is 0 Å². The summed E-state index contributed by atoms with van der Waals surface area (Å²) in [5.41, 5.74) is 1.24. The molecule has 0 bridgehead atoms. The van der Waals surface area contributed by atoms with Gasteiger partial charge in [-0.3, -0.25) is 29.4 Å². The van der Waals surface area contributed by atoms with Crippen LogP contribution in [0.2, 0.25) is 0 Å². The van der Waals surface area contributed by atoms with Crippen LogP contribution in [0.1, 0.15) is 45.5 Å². The van der Waals surface area contributed by atoms with Crippen molar-refractivity contribution in [1.29, 1.82) is 0 Å². The number of nitrogens with zero attached hydrogens (tertiary/aromatic N) is 1. The minimum absolute atomic E-state index is 0.152. The molecule has 2 aromatic rings. The van der Waals surface area contributed by atoms with Gasteiger partial charge in [0.25, 0.3) is 23.6 Å². The molecule has 0 fully saturated rings. The average molecular weight is 311 g/mol. The molecular formula is C17H12N2O4. The molecule has 2 heterocycles. The molecule has 0 spiro atoms. The van der Waals surface area contributed by atoms with Crippen molar-refractivity contribution in [2.24, 2.45) is 0 Å². The number of benzene rings is 2. The van der Waals surface area contributed by atoms with Crippen LogP contribution >= 0.6 is 0 Å². The van der Waals surface area contributed by atoms with Crippen LogP contribution in [-0.4, -0.2) is 35.5 Å². The molecule has 4 rings (SSSR count). The second-order valence-corrected chi connectivity index (χ2v) is 4.82. The number of hydrogen-bond donors (Lipinski definition) is 1. The van der Waals surface area contributed by atoms with E-state index in [-0.39, 0.29) is 22.9 Å². The average Bonchev–Trinajstić information content (AvgIpc) is 3.03.